The number of benzene rings is 2. The van der Waals surface area contributed by atoms with Gasteiger partial charge < -0.3 is 4.74 Å². The molecule has 0 aromatic heterocycles. The zero-order valence-electron chi connectivity index (χ0n) is 9.41. The van der Waals surface area contributed by atoms with Gasteiger partial charge in [0.2, 0.25) is 5.78 Å². The fourth-order valence-corrected chi connectivity index (χ4v) is 1.76. The van der Waals surface area contributed by atoms with Crippen molar-refractivity contribution >= 4 is 28.2 Å². The third-order valence-electron chi connectivity index (χ3n) is 2.57. The van der Waals surface area contributed by atoms with E-state index in [0.717, 1.165) is 5.39 Å². The van der Waals surface area contributed by atoms with E-state index in [0.29, 0.717) is 11.1 Å². The Balaban J connectivity index is 2.49. The SMILES string of the molecule is COc1ccc2cc(C(=O)C(F)(F)Cl)ccc2c1. The Bertz CT molecular complexity index is 605. The number of carbonyl (C=O) groups is 1. The van der Waals surface area contributed by atoms with E-state index in [1.165, 1.54) is 19.2 Å². The van der Waals surface area contributed by atoms with Gasteiger partial charge in [-0.1, -0.05) is 18.2 Å². The Morgan fingerprint density at radius 3 is 2.39 bits per heavy atom. The molecule has 2 aromatic carbocycles. The molecule has 2 aromatic rings. The highest BCUT2D eigenvalue weighted by Crippen LogP contribution is 2.27. The third-order valence-corrected chi connectivity index (χ3v) is 2.74. The molecule has 0 spiro atoms. The summed E-state index contributed by atoms with van der Waals surface area (Å²) in [6.07, 6.45) is 0. The first kappa shape index (κ1) is 12.8. The summed E-state index contributed by atoms with van der Waals surface area (Å²) in [4.78, 5) is 11.3. The van der Waals surface area contributed by atoms with Gasteiger partial charge in [-0.15, -0.1) is 0 Å². The number of ether oxygens (including phenoxy) is 1. The van der Waals surface area contributed by atoms with Gasteiger partial charge in [-0.3, -0.25) is 4.79 Å². The first-order valence-corrected chi connectivity index (χ1v) is 5.49. The topological polar surface area (TPSA) is 26.3 Å². The molecule has 2 rings (SSSR count). The molecular formula is C13H9ClF2O2. The van der Waals surface area contributed by atoms with Crippen molar-refractivity contribution < 1.29 is 18.3 Å². The van der Waals surface area contributed by atoms with Crippen LogP contribution in [0.4, 0.5) is 8.78 Å². The van der Waals surface area contributed by atoms with Crippen LogP contribution >= 0.6 is 11.6 Å². The van der Waals surface area contributed by atoms with E-state index >= 15 is 0 Å². The first-order chi connectivity index (χ1) is 8.41. The van der Waals surface area contributed by atoms with Crippen molar-refractivity contribution in [2.24, 2.45) is 0 Å². The molecule has 0 heterocycles. The average molecular weight is 271 g/mol. The molecule has 0 saturated heterocycles. The number of alkyl halides is 3. The van der Waals surface area contributed by atoms with Crippen LogP contribution in [0.2, 0.25) is 0 Å². The van der Waals surface area contributed by atoms with E-state index in [1.54, 1.807) is 24.3 Å². The molecule has 0 radical (unpaired) electrons. The van der Waals surface area contributed by atoms with Crippen molar-refractivity contribution in [2.75, 3.05) is 7.11 Å². The van der Waals surface area contributed by atoms with E-state index in [1.807, 2.05) is 0 Å². The van der Waals surface area contributed by atoms with Gasteiger partial charge in [-0.05, 0) is 40.6 Å². The van der Waals surface area contributed by atoms with Crippen molar-refractivity contribution in [1.29, 1.82) is 0 Å². The summed E-state index contributed by atoms with van der Waals surface area (Å²) in [6.45, 7) is 0. The Morgan fingerprint density at radius 2 is 1.78 bits per heavy atom. The number of hydrogen-bond acceptors (Lipinski definition) is 2. The van der Waals surface area contributed by atoms with Crippen molar-refractivity contribution in [2.45, 2.75) is 5.38 Å². The second-order valence-electron chi connectivity index (χ2n) is 3.75. The number of ketones is 1. The van der Waals surface area contributed by atoms with E-state index in [4.69, 9.17) is 16.3 Å². The largest absolute Gasteiger partial charge is 0.497 e. The van der Waals surface area contributed by atoms with Crippen molar-refractivity contribution in [1.82, 2.24) is 0 Å². The molecule has 0 amide bonds. The van der Waals surface area contributed by atoms with E-state index in [-0.39, 0.29) is 5.56 Å². The van der Waals surface area contributed by atoms with Gasteiger partial charge >= 0.3 is 5.38 Å². The van der Waals surface area contributed by atoms with Gasteiger partial charge in [0.05, 0.1) is 7.11 Å². The van der Waals surface area contributed by atoms with Crippen LogP contribution in [0.5, 0.6) is 5.75 Å². The maximum Gasteiger partial charge on any atom is 0.384 e. The van der Waals surface area contributed by atoms with Gasteiger partial charge in [0.15, 0.2) is 0 Å². The van der Waals surface area contributed by atoms with Gasteiger partial charge in [-0.2, -0.15) is 8.78 Å². The van der Waals surface area contributed by atoms with Crippen LogP contribution in [0, 0.1) is 0 Å². The lowest BCUT2D eigenvalue weighted by atomic mass is 10.0. The Hall–Kier alpha value is -1.68. The maximum absolute atomic E-state index is 12.7. The number of rotatable bonds is 3. The van der Waals surface area contributed by atoms with E-state index < -0.39 is 11.2 Å². The number of halogens is 3. The first-order valence-electron chi connectivity index (χ1n) is 5.11. The highest BCUT2D eigenvalue weighted by atomic mass is 35.5. The van der Waals surface area contributed by atoms with Crippen LogP contribution in [0.15, 0.2) is 36.4 Å². The quantitative estimate of drug-likeness (QED) is 0.625. The Morgan fingerprint density at radius 1 is 1.17 bits per heavy atom. The molecule has 2 nitrogen and oxygen atoms in total. The highest BCUT2D eigenvalue weighted by molar-refractivity contribution is 6.35. The minimum absolute atomic E-state index is 0.118. The summed E-state index contributed by atoms with van der Waals surface area (Å²) in [7, 11) is 1.53. The lowest BCUT2D eigenvalue weighted by Crippen LogP contribution is -2.21. The number of hydrogen-bond donors (Lipinski definition) is 0. The molecule has 0 aliphatic carbocycles. The van der Waals surface area contributed by atoms with Crippen molar-refractivity contribution in [3.05, 3.63) is 42.0 Å². The monoisotopic (exact) mass is 270 g/mol. The molecule has 18 heavy (non-hydrogen) atoms. The maximum atomic E-state index is 12.7. The van der Waals surface area contributed by atoms with Crippen molar-refractivity contribution in [3.63, 3.8) is 0 Å². The number of carbonyl (C=O) groups excluding carboxylic acids is 1. The number of methoxy groups -OCH3 is 1. The molecule has 94 valence electrons. The zero-order chi connectivity index (χ0) is 13.3. The molecule has 0 atom stereocenters. The van der Waals surface area contributed by atoms with Gasteiger partial charge in [0, 0.05) is 5.56 Å². The van der Waals surface area contributed by atoms with Gasteiger partial charge in [0.1, 0.15) is 5.75 Å². The molecule has 5 heteroatoms. The standard InChI is InChI=1S/C13H9ClF2O2/c1-18-11-5-4-8-6-10(3-2-9(8)7-11)12(17)13(14,15)16/h2-7H,1H3. The predicted octanol–water partition coefficient (Wildman–Crippen LogP) is 3.86. The Labute approximate surface area is 107 Å². The molecule has 0 bridgehead atoms. The van der Waals surface area contributed by atoms with Crippen LogP contribution in [-0.2, 0) is 0 Å². The summed E-state index contributed by atoms with van der Waals surface area (Å²) < 4.78 is 30.5. The fourth-order valence-electron chi connectivity index (χ4n) is 1.66. The molecule has 0 fully saturated rings. The smallest absolute Gasteiger partial charge is 0.384 e. The van der Waals surface area contributed by atoms with Crippen LogP contribution in [0.25, 0.3) is 10.8 Å². The molecule has 0 aliphatic rings. The van der Waals surface area contributed by atoms with Gasteiger partial charge in [-0.25, -0.2) is 0 Å². The molecule has 0 N–H and O–H groups in total. The van der Waals surface area contributed by atoms with Crippen molar-refractivity contribution in [3.8, 4) is 5.75 Å². The van der Waals surface area contributed by atoms with E-state index in [2.05, 4.69) is 0 Å². The number of fused-ring (bicyclic) bond motifs is 1. The number of Topliss-reactive ketones (excluding diaryl/α,β-unsaturated/α-hetero) is 1. The molecule has 0 aliphatic heterocycles. The van der Waals surface area contributed by atoms with E-state index in [9.17, 15) is 13.6 Å². The minimum Gasteiger partial charge on any atom is -0.497 e. The summed E-state index contributed by atoms with van der Waals surface area (Å²) >= 11 is 4.71. The predicted molar refractivity (Wildman–Crippen MR) is 65.6 cm³/mol. The second kappa shape index (κ2) is 4.53. The fraction of sp³-hybridized carbons (Fsp3) is 0.154. The van der Waals surface area contributed by atoms with Gasteiger partial charge in [0.25, 0.3) is 0 Å². The summed E-state index contributed by atoms with van der Waals surface area (Å²) in [5.74, 6) is -0.744. The minimum atomic E-state index is -3.87. The third kappa shape index (κ3) is 2.43. The van der Waals surface area contributed by atoms with Crippen LogP contribution in [0.1, 0.15) is 10.4 Å². The summed E-state index contributed by atoms with van der Waals surface area (Å²) in [6, 6.07) is 9.41. The molecular weight excluding hydrogens is 262 g/mol. The normalized spacial score (nSPS) is 11.6. The molecule has 0 saturated carbocycles. The summed E-state index contributed by atoms with van der Waals surface area (Å²) in [5.41, 5.74) is -0.118. The Kier molecular flexibility index (Phi) is 3.22. The lowest BCUT2D eigenvalue weighted by Gasteiger charge is -2.08. The second-order valence-corrected chi connectivity index (χ2v) is 4.23. The zero-order valence-corrected chi connectivity index (χ0v) is 10.2. The van der Waals surface area contributed by atoms with Crippen LogP contribution < -0.4 is 4.74 Å². The summed E-state index contributed by atoms with van der Waals surface area (Å²) in [5, 5.41) is -2.41. The van der Waals surface area contributed by atoms with Crippen LogP contribution in [0.3, 0.4) is 0 Å². The molecule has 0 unspecified atom stereocenters. The van der Waals surface area contributed by atoms with Crippen LogP contribution in [-0.4, -0.2) is 18.3 Å². The highest BCUT2D eigenvalue weighted by Gasteiger charge is 2.36. The lowest BCUT2D eigenvalue weighted by molar-refractivity contribution is 0.0536. The average Bonchev–Trinajstić information content (AvgIpc) is 2.35.